The monoisotopic (exact) mass is 305 g/mol. The molecule has 0 atom stereocenters. The first-order valence-electron chi connectivity index (χ1n) is 8.50. The molecule has 0 amide bonds. The van der Waals surface area contributed by atoms with Crippen LogP contribution in [0.1, 0.15) is 49.3 Å². The molecule has 0 unspecified atom stereocenters. The van der Waals surface area contributed by atoms with Crippen LogP contribution in [0.15, 0.2) is 61.7 Å². The molecule has 0 bridgehead atoms. The second-order valence-electron chi connectivity index (χ2n) is 5.94. The molecule has 0 spiro atoms. The molecule has 0 aliphatic heterocycles. The molecule has 23 heavy (non-hydrogen) atoms. The van der Waals surface area contributed by atoms with Crippen LogP contribution in [0, 0.1) is 0 Å². The van der Waals surface area contributed by atoms with Crippen LogP contribution in [0.25, 0.3) is 11.8 Å². The Morgan fingerprint density at radius 1 is 0.957 bits per heavy atom. The average molecular weight is 305 g/mol. The zero-order valence-corrected chi connectivity index (χ0v) is 14.1. The molecular formula is C22H27N. The Morgan fingerprint density at radius 3 is 2.26 bits per heavy atom. The van der Waals surface area contributed by atoms with E-state index in [1.54, 1.807) is 0 Å². The van der Waals surface area contributed by atoms with Crippen LogP contribution >= 0.6 is 0 Å². The zero-order chi connectivity index (χ0) is 16.5. The Bertz CT molecular complexity index is 620. The lowest BCUT2D eigenvalue weighted by Crippen LogP contribution is -1.97. The lowest BCUT2D eigenvalue weighted by atomic mass is 10.0. The second-order valence-corrected chi connectivity index (χ2v) is 5.94. The molecule has 0 heterocycles. The number of rotatable bonds is 9. The third-order valence-electron chi connectivity index (χ3n) is 4.06. The fourth-order valence-electron chi connectivity index (χ4n) is 2.58. The molecule has 2 aromatic rings. The van der Waals surface area contributed by atoms with Gasteiger partial charge >= 0.3 is 0 Å². The number of unbranched alkanes of at least 4 members (excludes halogenated alkanes) is 3. The molecule has 2 aromatic carbocycles. The van der Waals surface area contributed by atoms with Crippen LogP contribution in [0.4, 0.5) is 5.69 Å². The van der Waals surface area contributed by atoms with E-state index in [0.29, 0.717) is 0 Å². The van der Waals surface area contributed by atoms with Gasteiger partial charge in [0.25, 0.3) is 0 Å². The quantitative estimate of drug-likeness (QED) is 0.519. The van der Waals surface area contributed by atoms with Crippen molar-refractivity contribution in [3.63, 3.8) is 0 Å². The van der Waals surface area contributed by atoms with Gasteiger partial charge in [0.2, 0.25) is 0 Å². The Kier molecular flexibility index (Phi) is 6.68. The Morgan fingerprint density at radius 2 is 1.65 bits per heavy atom. The summed E-state index contributed by atoms with van der Waals surface area (Å²) in [6.07, 6.45) is 8.25. The fourth-order valence-corrected chi connectivity index (χ4v) is 2.58. The Labute approximate surface area is 140 Å². The Hall–Kier alpha value is -2.28. The normalized spacial score (nSPS) is 10.3. The van der Waals surface area contributed by atoms with Crippen LogP contribution in [0.3, 0.4) is 0 Å². The molecule has 2 rings (SSSR count). The standard InChI is InChI=1S/C22H27N/c1-4-6-7-8-9-20-10-14-21(15-11-20)18(3)23-22-16-12-19(5-2)13-17-22/h5,10-17,23H,2-4,6-9H2,1H3. The van der Waals surface area contributed by atoms with E-state index in [9.17, 15) is 0 Å². The number of nitrogens with one attached hydrogen (secondary N) is 1. The van der Waals surface area contributed by atoms with Crippen LogP contribution < -0.4 is 5.32 Å². The van der Waals surface area contributed by atoms with Crippen molar-refractivity contribution in [3.8, 4) is 0 Å². The summed E-state index contributed by atoms with van der Waals surface area (Å²) in [4.78, 5) is 0. The smallest absolute Gasteiger partial charge is 0.0384 e. The summed E-state index contributed by atoms with van der Waals surface area (Å²) in [6.45, 7) is 10.2. The summed E-state index contributed by atoms with van der Waals surface area (Å²) in [6, 6.07) is 16.9. The van der Waals surface area contributed by atoms with Crippen molar-refractivity contribution < 1.29 is 0 Å². The molecule has 0 saturated carbocycles. The number of hydrogen-bond donors (Lipinski definition) is 1. The van der Waals surface area contributed by atoms with Crippen molar-refractivity contribution in [2.45, 2.75) is 39.0 Å². The highest BCUT2D eigenvalue weighted by molar-refractivity contribution is 5.75. The maximum atomic E-state index is 4.15. The predicted octanol–water partition coefficient (Wildman–Crippen LogP) is 6.54. The zero-order valence-electron chi connectivity index (χ0n) is 14.1. The molecule has 1 nitrogen and oxygen atoms in total. The fraction of sp³-hybridized carbons (Fsp3) is 0.273. The van der Waals surface area contributed by atoms with Gasteiger partial charge in [0.1, 0.15) is 0 Å². The van der Waals surface area contributed by atoms with Gasteiger partial charge in [-0.1, -0.05) is 81.8 Å². The van der Waals surface area contributed by atoms with Gasteiger partial charge in [-0.05, 0) is 41.7 Å². The largest absolute Gasteiger partial charge is 0.356 e. The number of anilines is 1. The summed E-state index contributed by atoms with van der Waals surface area (Å²) in [5.74, 6) is 0. The molecule has 0 aliphatic rings. The van der Waals surface area contributed by atoms with Crippen molar-refractivity contribution in [3.05, 3.63) is 78.4 Å². The molecule has 0 radical (unpaired) electrons. The van der Waals surface area contributed by atoms with Gasteiger partial charge in [-0.2, -0.15) is 0 Å². The van der Waals surface area contributed by atoms with Gasteiger partial charge < -0.3 is 5.32 Å². The van der Waals surface area contributed by atoms with Crippen LogP contribution in [-0.2, 0) is 6.42 Å². The maximum absolute atomic E-state index is 4.15. The van der Waals surface area contributed by atoms with Crippen molar-refractivity contribution >= 4 is 17.5 Å². The van der Waals surface area contributed by atoms with Gasteiger partial charge in [0.05, 0.1) is 0 Å². The maximum Gasteiger partial charge on any atom is 0.0384 e. The van der Waals surface area contributed by atoms with E-state index in [2.05, 4.69) is 49.7 Å². The Balaban J connectivity index is 1.90. The summed E-state index contributed by atoms with van der Waals surface area (Å²) in [7, 11) is 0. The van der Waals surface area contributed by atoms with E-state index in [1.165, 1.54) is 37.7 Å². The van der Waals surface area contributed by atoms with Crippen molar-refractivity contribution in [2.24, 2.45) is 0 Å². The van der Waals surface area contributed by atoms with Crippen molar-refractivity contribution in [1.29, 1.82) is 0 Å². The lowest BCUT2D eigenvalue weighted by Gasteiger charge is -2.11. The molecule has 0 fully saturated rings. The minimum atomic E-state index is 0.925. The van der Waals surface area contributed by atoms with Crippen LogP contribution in [0.2, 0.25) is 0 Å². The average Bonchev–Trinajstić information content (AvgIpc) is 2.60. The second kappa shape index (κ2) is 8.99. The summed E-state index contributed by atoms with van der Waals surface area (Å²) in [5, 5.41) is 3.36. The van der Waals surface area contributed by atoms with Gasteiger partial charge in [-0.15, -0.1) is 0 Å². The van der Waals surface area contributed by atoms with E-state index in [1.807, 2.05) is 30.3 Å². The minimum absolute atomic E-state index is 0.925. The number of benzene rings is 2. The summed E-state index contributed by atoms with van der Waals surface area (Å²) < 4.78 is 0. The van der Waals surface area contributed by atoms with Crippen molar-refractivity contribution in [2.75, 3.05) is 5.32 Å². The third-order valence-corrected chi connectivity index (χ3v) is 4.06. The van der Waals surface area contributed by atoms with Gasteiger partial charge in [0, 0.05) is 11.4 Å². The molecule has 1 N–H and O–H groups in total. The van der Waals surface area contributed by atoms with Gasteiger partial charge in [-0.3, -0.25) is 0 Å². The highest BCUT2D eigenvalue weighted by atomic mass is 14.9. The highest BCUT2D eigenvalue weighted by Gasteiger charge is 2.01. The predicted molar refractivity (Wildman–Crippen MR) is 103 cm³/mol. The summed E-state index contributed by atoms with van der Waals surface area (Å²) in [5.41, 5.74) is 5.63. The third kappa shape index (κ3) is 5.45. The molecule has 0 aliphatic carbocycles. The lowest BCUT2D eigenvalue weighted by molar-refractivity contribution is 0.667. The molecule has 0 aromatic heterocycles. The van der Waals surface area contributed by atoms with Crippen LogP contribution in [0.5, 0.6) is 0 Å². The number of hydrogen-bond acceptors (Lipinski definition) is 1. The molecular weight excluding hydrogens is 278 g/mol. The first kappa shape index (κ1) is 17.1. The first-order chi connectivity index (χ1) is 11.2. The van der Waals surface area contributed by atoms with E-state index in [-0.39, 0.29) is 0 Å². The van der Waals surface area contributed by atoms with E-state index < -0.39 is 0 Å². The van der Waals surface area contributed by atoms with Gasteiger partial charge in [0.15, 0.2) is 0 Å². The van der Waals surface area contributed by atoms with E-state index in [0.717, 1.165) is 22.5 Å². The van der Waals surface area contributed by atoms with E-state index >= 15 is 0 Å². The number of aryl methyl sites for hydroxylation is 1. The SMILES string of the molecule is C=Cc1ccc(NC(=C)c2ccc(CCCCCC)cc2)cc1. The van der Waals surface area contributed by atoms with Crippen molar-refractivity contribution in [1.82, 2.24) is 0 Å². The molecule has 0 saturated heterocycles. The summed E-state index contributed by atoms with van der Waals surface area (Å²) >= 11 is 0. The minimum Gasteiger partial charge on any atom is -0.356 e. The molecule has 120 valence electrons. The van der Waals surface area contributed by atoms with E-state index in [4.69, 9.17) is 0 Å². The van der Waals surface area contributed by atoms with Gasteiger partial charge in [-0.25, -0.2) is 0 Å². The topological polar surface area (TPSA) is 12.0 Å². The molecule has 1 heteroatoms. The highest BCUT2D eigenvalue weighted by Crippen LogP contribution is 2.19. The van der Waals surface area contributed by atoms with Crippen LogP contribution in [-0.4, -0.2) is 0 Å². The first-order valence-corrected chi connectivity index (χ1v) is 8.50.